The van der Waals surface area contributed by atoms with Gasteiger partial charge in [0.1, 0.15) is 38.5 Å². The minimum Gasteiger partial charge on any atom is -0.460 e. The van der Waals surface area contributed by atoms with Crippen molar-refractivity contribution >= 4 is 35.7 Å². The lowest BCUT2D eigenvalue weighted by Gasteiger charge is -2.23. The van der Waals surface area contributed by atoms with E-state index < -0.39 is 36.4 Å². The molecule has 0 fully saturated rings. The first-order chi connectivity index (χ1) is 35.3. The molecule has 0 saturated carbocycles. The molecule has 16 heteroatoms. The topological polar surface area (TPSA) is 204 Å². The second kappa shape index (κ2) is 45.3. The predicted octanol–water partition coefficient (Wildman–Crippen LogP) is 9.12. The van der Waals surface area contributed by atoms with Crippen LogP contribution in [0.3, 0.4) is 0 Å². The first kappa shape index (κ1) is 70.1. The molecule has 0 aliphatic rings. The van der Waals surface area contributed by atoms with Crippen molar-refractivity contribution in [3.05, 3.63) is 24.3 Å². The van der Waals surface area contributed by atoms with Crippen molar-refractivity contribution in [2.24, 2.45) is 0 Å². The monoisotopic (exact) mass is 1050 g/mol. The molecule has 0 heterocycles. The maximum absolute atomic E-state index is 12.6. The van der Waals surface area contributed by atoms with E-state index in [-0.39, 0.29) is 49.4 Å². The number of rotatable bonds is 49. The predicted molar refractivity (Wildman–Crippen MR) is 294 cm³/mol. The quantitative estimate of drug-likeness (QED) is 0.0148. The smallest absolute Gasteiger partial charge is 0.306 e. The molecule has 16 nitrogen and oxygen atoms in total. The van der Waals surface area contributed by atoms with Crippen molar-refractivity contribution in [1.29, 1.82) is 0 Å². The number of hydrogen-bond acceptors (Lipinski definition) is 12. The van der Waals surface area contributed by atoms with Crippen molar-refractivity contribution in [2.75, 3.05) is 81.7 Å². The maximum atomic E-state index is 12.6. The van der Waals surface area contributed by atoms with Crippen LogP contribution in [0.15, 0.2) is 24.3 Å². The van der Waals surface area contributed by atoms with Crippen LogP contribution in [-0.4, -0.2) is 161 Å². The summed E-state index contributed by atoms with van der Waals surface area (Å²) in [5, 5.41) is 27.5. The zero-order chi connectivity index (χ0) is 55.3. The molecule has 0 aliphatic heterocycles. The van der Waals surface area contributed by atoms with Gasteiger partial charge in [-0.25, -0.2) is 0 Å². The average Bonchev–Trinajstić information content (AvgIpc) is 3.32. The Bertz CT molecular complexity index is 1430. The maximum Gasteiger partial charge on any atom is 0.306 e. The van der Waals surface area contributed by atoms with Crippen LogP contribution in [-0.2, 0) is 47.7 Å². The second-order valence-electron chi connectivity index (χ2n) is 22.1. The Balaban J connectivity index is 4.08. The Morgan fingerprint density at radius 3 is 1.15 bits per heavy atom. The Morgan fingerprint density at radius 1 is 0.432 bits per heavy atom. The molecule has 0 spiro atoms. The molecular formula is C58H108N4O12+2. The van der Waals surface area contributed by atoms with E-state index in [1.165, 1.54) is 0 Å². The third kappa shape index (κ3) is 46.7. The van der Waals surface area contributed by atoms with E-state index in [0.717, 1.165) is 116 Å². The van der Waals surface area contributed by atoms with Gasteiger partial charge in [0.25, 0.3) is 0 Å². The molecule has 0 aromatic rings. The highest BCUT2D eigenvalue weighted by molar-refractivity contribution is 5.77. The molecule has 4 N–H and O–H groups in total. The third-order valence-electron chi connectivity index (χ3n) is 12.6. The van der Waals surface area contributed by atoms with Crippen LogP contribution in [0.2, 0.25) is 0 Å². The van der Waals surface area contributed by atoms with Crippen LogP contribution in [0, 0.1) is 0 Å². The molecule has 4 unspecified atom stereocenters. The molecule has 2 amide bonds. The SMILES string of the molecule is CCCCCC(OC(=O)CCCC(=O)OCC[N+](C)(C)C)C(O)C/C=C\CCCCCCCC(=O)NCCNC(=O)CCCCCCC/C=C/CC(O)C(CCCCC)OC(=O)CCCC(=O)OCC[N+](C)(C)C. The summed E-state index contributed by atoms with van der Waals surface area (Å²) in [7, 11) is 12.2. The number of unbranched alkanes of at least 4 members (excludes halogenated alkanes) is 14. The fraction of sp³-hybridized carbons (Fsp3) is 0.828. The van der Waals surface area contributed by atoms with E-state index in [4.69, 9.17) is 18.9 Å². The van der Waals surface area contributed by atoms with Crippen LogP contribution in [0.4, 0.5) is 0 Å². The molecule has 4 atom stereocenters. The van der Waals surface area contributed by atoms with Gasteiger partial charge in [-0.15, -0.1) is 0 Å². The number of nitrogens with one attached hydrogen (secondary N) is 2. The van der Waals surface area contributed by atoms with E-state index in [1.54, 1.807) is 0 Å². The zero-order valence-electron chi connectivity index (χ0n) is 47.9. The minimum atomic E-state index is -0.784. The number of allylic oxidation sites excluding steroid dienone is 2. The van der Waals surface area contributed by atoms with Gasteiger partial charge >= 0.3 is 23.9 Å². The van der Waals surface area contributed by atoms with E-state index in [1.807, 2.05) is 54.4 Å². The van der Waals surface area contributed by atoms with Gasteiger partial charge in [0.15, 0.2) is 0 Å². The number of likely N-dealkylation sites (N-methyl/N-ethyl adjacent to an activating group) is 2. The largest absolute Gasteiger partial charge is 0.460 e. The van der Waals surface area contributed by atoms with E-state index >= 15 is 0 Å². The lowest BCUT2D eigenvalue weighted by molar-refractivity contribution is -0.870. The highest BCUT2D eigenvalue weighted by Gasteiger charge is 2.24. The van der Waals surface area contributed by atoms with Gasteiger partial charge < -0.3 is 48.8 Å². The highest BCUT2D eigenvalue weighted by Crippen LogP contribution is 2.18. The Kier molecular flexibility index (Phi) is 43.0. The summed E-state index contributed by atoms with van der Waals surface area (Å²) >= 11 is 0. The van der Waals surface area contributed by atoms with Gasteiger partial charge in [-0.3, -0.25) is 28.8 Å². The van der Waals surface area contributed by atoms with Crippen molar-refractivity contribution in [1.82, 2.24) is 10.6 Å². The number of carbonyl (C=O) groups excluding carboxylic acids is 6. The summed E-state index contributed by atoms with van der Waals surface area (Å²) in [5.74, 6) is -1.43. The number of ether oxygens (including phenoxy) is 4. The van der Waals surface area contributed by atoms with Gasteiger partial charge in [0.05, 0.1) is 54.5 Å². The third-order valence-corrected chi connectivity index (χ3v) is 12.6. The molecule has 0 radical (unpaired) electrons. The summed E-state index contributed by atoms with van der Waals surface area (Å²) in [6, 6.07) is 0. The summed E-state index contributed by atoms with van der Waals surface area (Å²) < 4.78 is 23.3. The normalized spacial score (nSPS) is 13.6. The number of amides is 2. The van der Waals surface area contributed by atoms with Crippen molar-refractivity contribution in [3.8, 4) is 0 Å². The lowest BCUT2D eigenvalue weighted by Crippen LogP contribution is -2.38. The molecular weight excluding hydrogens is 945 g/mol. The number of hydrogen-bond donors (Lipinski definition) is 4. The molecule has 0 aromatic heterocycles. The molecule has 0 bridgehead atoms. The fourth-order valence-corrected chi connectivity index (χ4v) is 7.82. The number of nitrogens with zero attached hydrogens (tertiary/aromatic N) is 2. The van der Waals surface area contributed by atoms with Crippen molar-refractivity contribution in [2.45, 2.75) is 231 Å². The van der Waals surface area contributed by atoms with Gasteiger partial charge in [0, 0.05) is 51.6 Å². The molecule has 0 rings (SSSR count). The van der Waals surface area contributed by atoms with Crippen molar-refractivity contribution in [3.63, 3.8) is 0 Å². The minimum absolute atomic E-state index is 0.000638. The lowest BCUT2D eigenvalue weighted by atomic mass is 10.0. The number of aliphatic hydroxyl groups excluding tert-OH is 2. The molecule has 74 heavy (non-hydrogen) atoms. The summed E-state index contributed by atoms with van der Waals surface area (Å²) in [4.78, 5) is 73.7. The van der Waals surface area contributed by atoms with Crippen molar-refractivity contribution < 1.29 is 66.9 Å². The van der Waals surface area contributed by atoms with Crippen LogP contribution >= 0.6 is 0 Å². The van der Waals surface area contributed by atoms with Crippen LogP contribution in [0.25, 0.3) is 0 Å². The first-order valence-corrected chi connectivity index (χ1v) is 28.8. The summed E-state index contributed by atoms with van der Waals surface area (Å²) in [6.45, 7) is 7.15. The fourth-order valence-electron chi connectivity index (χ4n) is 7.82. The first-order valence-electron chi connectivity index (χ1n) is 28.8. The average molecular weight is 1050 g/mol. The molecule has 0 aromatic carbocycles. The molecule has 0 saturated heterocycles. The van der Waals surface area contributed by atoms with Crippen LogP contribution < -0.4 is 10.6 Å². The summed E-state index contributed by atoms with van der Waals surface area (Å²) in [5.41, 5.74) is 0. The van der Waals surface area contributed by atoms with E-state index in [2.05, 4.69) is 36.6 Å². The second-order valence-corrected chi connectivity index (χ2v) is 22.1. The Morgan fingerprint density at radius 2 is 0.784 bits per heavy atom. The van der Waals surface area contributed by atoms with Crippen LogP contribution in [0.5, 0.6) is 0 Å². The Hall–Kier alpha value is -3.86. The number of quaternary nitrogens is 2. The number of carbonyl (C=O) groups is 6. The van der Waals surface area contributed by atoms with Gasteiger partial charge in [0.2, 0.25) is 11.8 Å². The number of esters is 4. The van der Waals surface area contributed by atoms with Gasteiger partial charge in [-0.05, 0) is 89.9 Å². The number of aliphatic hydroxyl groups is 2. The van der Waals surface area contributed by atoms with Crippen LogP contribution in [0.1, 0.15) is 206 Å². The Labute approximate surface area is 448 Å². The standard InChI is InChI=1S/C58H106N4O12/c1-9-11-25-35-51(73-57(69)41-31-39-55(67)71-47-45-61(3,4)5)49(63)33-27-21-17-13-15-19-23-29-37-53(65)59-43-44-60-54(66)38-30-24-20-16-14-18-22-28-34-50(64)52(36-26-12-10-2)74-58(70)42-32-40-56(68)72-48-46-62(6,7)8/h21-22,27-28,49-52,63-64H,9-20,23-26,29-48H2,1-8H3/p+2/b27-21-,28-22+. The van der Waals surface area contributed by atoms with Gasteiger partial charge in [-0.2, -0.15) is 0 Å². The summed E-state index contributed by atoms with van der Waals surface area (Å²) in [6.07, 6.45) is 26.9. The highest BCUT2D eigenvalue weighted by atomic mass is 16.6. The van der Waals surface area contributed by atoms with Gasteiger partial charge in [-0.1, -0.05) is 102 Å². The molecule has 0 aliphatic carbocycles. The zero-order valence-corrected chi connectivity index (χ0v) is 47.9. The molecule has 430 valence electrons. The van der Waals surface area contributed by atoms with E-state index in [9.17, 15) is 39.0 Å². The van der Waals surface area contributed by atoms with E-state index in [0.29, 0.717) is 99.7 Å².